The molecule has 4 rings (SSSR count). The quantitative estimate of drug-likeness (QED) is 0.797. The Balaban J connectivity index is 1.74. The second-order valence-corrected chi connectivity index (χ2v) is 6.58. The zero-order valence-corrected chi connectivity index (χ0v) is 12.8. The summed E-state index contributed by atoms with van der Waals surface area (Å²) < 4.78 is 4.89. The van der Waals surface area contributed by atoms with E-state index in [1.54, 1.807) is 12.3 Å². The molecule has 0 atom stereocenters. The Hall–Kier alpha value is -2.10. The minimum Gasteiger partial charge on any atom is -0.465 e. The fourth-order valence-corrected chi connectivity index (χ4v) is 3.63. The number of aromatic nitrogens is 1. The highest BCUT2D eigenvalue weighted by atomic mass is 16.5. The molecule has 1 aromatic carbocycles. The van der Waals surface area contributed by atoms with E-state index in [1.807, 2.05) is 6.07 Å². The smallest absolute Gasteiger partial charge is 0.338 e. The summed E-state index contributed by atoms with van der Waals surface area (Å²) in [5.41, 5.74) is 3.20. The van der Waals surface area contributed by atoms with E-state index in [9.17, 15) is 4.79 Å². The van der Waals surface area contributed by atoms with Crippen LogP contribution in [0.15, 0.2) is 30.5 Å². The molecule has 4 nitrogen and oxygen atoms in total. The van der Waals surface area contributed by atoms with Crippen LogP contribution < -0.4 is 4.90 Å². The van der Waals surface area contributed by atoms with Crippen LogP contribution in [0.3, 0.4) is 0 Å². The van der Waals surface area contributed by atoms with Crippen LogP contribution >= 0.6 is 0 Å². The molecule has 0 unspecified atom stereocenters. The Morgan fingerprint density at radius 1 is 1.27 bits per heavy atom. The summed E-state index contributed by atoms with van der Waals surface area (Å²) in [4.78, 5) is 18.8. The largest absolute Gasteiger partial charge is 0.465 e. The highest BCUT2D eigenvalue weighted by Crippen LogP contribution is 2.52. The Bertz CT molecular complexity index is 737. The van der Waals surface area contributed by atoms with Crippen LogP contribution in [-0.2, 0) is 4.74 Å². The van der Waals surface area contributed by atoms with E-state index in [-0.39, 0.29) is 5.97 Å². The van der Waals surface area contributed by atoms with Gasteiger partial charge in [0.1, 0.15) is 0 Å². The molecule has 1 saturated heterocycles. The van der Waals surface area contributed by atoms with Crippen molar-refractivity contribution in [1.29, 1.82) is 0 Å². The van der Waals surface area contributed by atoms with Crippen LogP contribution in [0.5, 0.6) is 0 Å². The van der Waals surface area contributed by atoms with E-state index in [0.29, 0.717) is 11.0 Å². The fraction of sp³-hybridized carbons (Fsp3) is 0.444. The van der Waals surface area contributed by atoms with Gasteiger partial charge in [-0.25, -0.2) is 4.79 Å². The summed E-state index contributed by atoms with van der Waals surface area (Å²) in [6.07, 6.45) is 7.02. The molecule has 0 amide bonds. The molecular weight excluding hydrogens is 276 g/mol. The number of fused-ring (bicyclic) bond motifs is 1. The van der Waals surface area contributed by atoms with Crippen molar-refractivity contribution in [1.82, 2.24) is 4.98 Å². The normalized spacial score (nSPS) is 19.4. The van der Waals surface area contributed by atoms with E-state index in [2.05, 4.69) is 22.0 Å². The molecule has 0 radical (unpaired) electrons. The maximum absolute atomic E-state index is 12.0. The fourth-order valence-electron chi connectivity index (χ4n) is 3.63. The van der Waals surface area contributed by atoms with Crippen LogP contribution in [0.1, 0.15) is 36.0 Å². The molecule has 4 heteroatoms. The molecule has 1 aliphatic heterocycles. The van der Waals surface area contributed by atoms with E-state index >= 15 is 0 Å². The van der Waals surface area contributed by atoms with Gasteiger partial charge in [-0.05, 0) is 55.4 Å². The minimum absolute atomic E-state index is 0.304. The first kappa shape index (κ1) is 13.6. The number of nitrogens with zero attached hydrogens (tertiary/aromatic N) is 2. The number of carbonyl (C=O) groups is 1. The Labute approximate surface area is 130 Å². The number of carbonyl (C=O) groups excluding carboxylic acids is 1. The molecule has 1 aliphatic carbocycles. The number of benzene rings is 1. The Morgan fingerprint density at radius 2 is 2.14 bits per heavy atom. The molecule has 2 aliphatic rings. The summed E-state index contributed by atoms with van der Waals surface area (Å²) in [5.74, 6) is -0.304. The standard InChI is InChI=1S/C18H20N2O2/c1-22-17(21)14-5-9-19-16-4-3-13(11-15(14)16)20-10-2-6-18(12-20)7-8-18/h3-5,9,11H,2,6-8,10,12H2,1H3. The van der Waals surface area contributed by atoms with E-state index in [4.69, 9.17) is 4.74 Å². The second-order valence-electron chi connectivity index (χ2n) is 6.58. The lowest BCUT2D eigenvalue weighted by Gasteiger charge is -2.34. The highest BCUT2D eigenvalue weighted by molar-refractivity contribution is 6.04. The number of hydrogen-bond donors (Lipinski definition) is 0. The topological polar surface area (TPSA) is 42.4 Å². The minimum atomic E-state index is -0.304. The van der Waals surface area contributed by atoms with E-state index < -0.39 is 0 Å². The average Bonchev–Trinajstić information content (AvgIpc) is 3.31. The molecular formula is C18H20N2O2. The summed E-state index contributed by atoms with van der Waals surface area (Å²) in [7, 11) is 1.42. The van der Waals surface area contributed by atoms with E-state index in [0.717, 1.165) is 24.0 Å². The molecule has 0 N–H and O–H groups in total. The van der Waals surface area contributed by atoms with Crippen molar-refractivity contribution < 1.29 is 9.53 Å². The Kier molecular flexibility index (Phi) is 3.06. The van der Waals surface area contributed by atoms with Crippen molar-refractivity contribution in [3.8, 4) is 0 Å². The number of rotatable bonds is 2. The molecule has 22 heavy (non-hydrogen) atoms. The van der Waals surface area contributed by atoms with Gasteiger partial charge in [-0.2, -0.15) is 0 Å². The molecule has 0 bridgehead atoms. The molecule has 2 fully saturated rings. The first-order valence-corrected chi connectivity index (χ1v) is 7.93. The van der Waals surface area contributed by atoms with Crippen molar-refractivity contribution in [2.45, 2.75) is 25.7 Å². The van der Waals surface area contributed by atoms with Gasteiger partial charge >= 0.3 is 5.97 Å². The number of ether oxygens (including phenoxy) is 1. The van der Waals surface area contributed by atoms with Crippen LogP contribution in [0.2, 0.25) is 0 Å². The summed E-state index contributed by atoms with van der Waals surface area (Å²) in [5, 5.41) is 0.877. The lowest BCUT2D eigenvalue weighted by atomic mass is 9.94. The molecule has 2 aromatic rings. The SMILES string of the molecule is COC(=O)c1ccnc2ccc(N3CCCC4(CC4)C3)cc12. The van der Waals surface area contributed by atoms with Crippen LogP contribution in [-0.4, -0.2) is 31.2 Å². The van der Waals surface area contributed by atoms with Crippen LogP contribution in [0.4, 0.5) is 5.69 Å². The molecule has 1 aromatic heterocycles. The van der Waals surface area contributed by atoms with Gasteiger partial charge in [-0.15, -0.1) is 0 Å². The predicted octanol–water partition coefficient (Wildman–Crippen LogP) is 3.40. The number of pyridine rings is 1. The molecule has 2 heterocycles. The average molecular weight is 296 g/mol. The third kappa shape index (κ3) is 2.23. The lowest BCUT2D eigenvalue weighted by molar-refractivity contribution is 0.0603. The van der Waals surface area contributed by atoms with Gasteiger partial charge in [0, 0.05) is 30.4 Å². The zero-order valence-electron chi connectivity index (χ0n) is 12.8. The summed E-state index contributed by atoms with van der Waals surface area (Å²) in [6, 6.07) is 7.95. The predicted molar refractivity (Wildman–Crippen MR) is 86.2 cm³/mol. The third-order valence-corrected chi connectivity index (χ3v) is 5.11. The first-order valence-electron chi connectivity index (χ1n) is 7.93. The van der Waals surface area contributed by atoms with Crippen molar-refractivity contribution in [3.05, 3.63) is 36.0 Å². The monoisotopic (exact) mass is 296 g/mol. The number of anilines is 1. The third-order valence-electron chi connectivity index (χ3n) is 5.11. The Morgan fingerprint density at radius 3 is 2.91 bits per heavy atom. The van der Waals surface area contributed by atoms with Gasteiger partial charge in [0.25, 0.3) is 0 Å². The first-order chi connectivity index (χ1) is 10.7. The maximum Gasteiger partial charge on any atom is 0.338 e. The van der Waals surface area contributed by atoms with Gasteiger partial charge in [0.05, 0.1) is 18.2 Å². The van der Waals surface area contributed by atoms with Crippen LogP contribution in [0, 0.1) is 5.41 Å². The van der Waals surface area contributed by atoms with Gasteiger partial charge in [0.2, 0.25) is 0 Å². The summed E-state index contributed by atoms with van der Waals surface area (Å²) in [6.45, 7) is 2.24. The molecule has 114 valence electrons. The second kappa shape index (κ2) is 4.97. The molecule has 1 spiro atoms. The maximum atomic E-state index is 12.0. The van der Waals surface area contributed by atoms with Crippen molar-refractivity contribution >= 4 is 22.6 Å². The summed E-state index contributed by atoms with van der Waals surface area (Å²) >= 11 is 0. The van der Waals surface area contributed by atoms with Gasteiger partial charge in [-0.3, -0.25) is 4.98 Å². The zero-order chi connectivity index (χ0) is 15.2. The van der Waals surface area contributed by atoms with Gasteiger partial charge < -0.3 is 9.64 Å². The number of piperidine rings is 1. The number of hydrogen-bond acceptors (Lipinski definition) is 4. The number of esters is 1. The highest BCUT2D eigenvalue weighted by Gasteiger charge is 2.45. The van der Waals surface area contributed by atoms with Crippen molar-refractivity contribution in [3.63, 3.8) is 0 Å². The van der Waals surface area contributed by atoms with Crippen molar-refractivity contribution in [2.75, 3.05) is 25.1 Å². The van der Waals surface area contributed by atoms with Gasteiger partial charge in [0.15, 0.2) is 0 Å². The lowest BCUT2D eigenvalue weighted by Crippen LogP contribution is -2.36. The van der Waals surface area contributed by atoms with Crippen molar-refractivity contribution in [2.24, 2.45) is 5.41 Å². The van der Waals surface area contributed by atoms with E-state index in [1.165, 1.54) is 38.5 Å². The van der Waals surface area contributed by atoms with Gasteiger partial charge in [-0.1, -0.05) is 0 Å². The number of methoxy groups -OCH3 is 1. The van der Waals surface area contributed by atoms with Crippen LogP contribution in [0.25, 0.3) is 10.9 Å². The molecule has 1 saturated carbocycles.